The van der Waals surface area contributed by atoms with Gasteiger partial charge in [0.25, 0.3) is 0 Å². The van der Waals surface area contributed by atoms with Crippen molar-refractivity contribution < 1.29 is 5.11 Å². The monoisotopic (exact) mass is 284 g/mol. The van der Waals surface area contributed by atoms with E-state index in [-0.39, 0.29) is 6.10 Å². The molecule has 2 unspecified atom stereocenters. The molecule has 0 aliphatic heterocycles. The summed E-state index contributed by atoms with van der Waals surface area (Å²) in [7, 11) is 0. The summed E-state index contributed by atoms with van der Waals surface area (Å²) in [4.78, 5) is 0. The maximum Gasteiger partial charge on any atom is 0.0583 e. The predicted molar refractivity (Wildman–Crippen MR) is 91.6 cm³/mol. The van der Waals surface area contributed by atoms with Crippen molar-refractivity contribution in [1.29, 1.82) is 0 Å². The van der Waals surface area contributed by atoms with Crippen LogP contribution < -0.4 is 0 Å². The number of aliphatic hydroxyl groups excluding tert-OH is 1. The standard InChI is InChI=1S/C20H28O/c1-3-5-9-16(4-2)14-19(21)15-18-12-8-11-17-10-6-7-13-20(17)18/h6-8,10-13,16,19,21H,3-5,9,14-15H2,1-2H3. The fraction of sp³-hybridized carbons (Fsp3) is 0.500. The van der Waals surface area contributed by atoms with Gasteiger partial charge in [-0.15, -0.1) is 0 Å². The second-order valence-corrected chi connectivity index (χ2v) is 6.15. The Hall–Kier alpha value is -1.34. The van der Waals surface area contributed by atoms with Gasteiger partial charge in [-0.2, -0.15) is 0 Å². The first-order valence-electron chi connectivity index (χ1n) is 8.39. The van der Waals surface area contributed by atoms with Gasteiger partial charge in [-0.3, -0.25) is 0 Å². The Balaban J connectivity index is 2.02. The van der Waals surface area contributed by atoms with Crippen LogP contribution in [0.5, 0.6) is 0 Å². The molecule has 0 saturated heterocycles. The number of fused-ring (bicyclic) bond motifs is 1. The molecule has 2 aromatic carbocycles. The highest BCUT2D eigenvalue weighted by Crippen LogP contribution is 2.23. The zero-order chi connectivity index (χ0) is 15.1. The molecule has 0 saturated carbocycles. The number of hydrogen-bond donors (Lipinski definition) is 1. The summed E-state index contributed by atoms with van der Waals surface area (Å²) in [5.74, 6) is 0.662. The van der Waals surface area contributed by atoms with Crippen molar-refractivity contribution in [2.24, 2.45) is 5.92 Å². The van der Waals surface area contributed by atoms with Gasteiger partial charge in [-0.05, 0) is 35.1 Å². The molecule has 114 valence electrons. The molecule has 0 aliphatic carbocycles. The molecular formula is C20H28O. The summed E-state index contributed by atoms with van der Waals surface area (Å²) >= 11 is 0. The van der Waals surface area contributed by atoms with Crippen LogP contribution in [-0.4, -0.2) is 11.2 Å². The molecule has 0 heterocycles. The smallest absolute Gasteiger partial charge is 0.0583 e. The van der Waals surface area contributed by atoms with Crippen LogP contribution in [0.2, 0.25) is 0 Å². The molecule has 0 fully saturated rings. The molecule has 0 aromatic heterocycles. The summed E-state index contributed by atoms with van der Waals surface area (Å²) < 4.78 is 0. The molecule has 1 nitrogen and oxygen atoms in total. The number of benzene rings is 2. The number of aliphatic hydroxyl groups is 1. The van der Waals surface area contributed by atoms with Crippen LogP contribution in [0.25, 0.3) is 10.8 Å². The third kappa shape index (κ3) is 4.57. The van der Waals surface area contributed by atoms with E-state index < -0.39 is 0 Å². The van der Waals surface area contributed by atoms with Gasteiger partial charge in [0.15, 0.2) is 0 Å². The normalized spacial score (nSPS) is 14.2. The van der Waals surface area contributed by atoms with Crippen LogP contribution in [0.3, 0.4) is 0 Å². The minimum Gasteiger partial charge on any atom is -0.393 e. The first-order valence-corrected chi connectivity index (χ1v) is 8.39. The summed E-state index contributed by atoms with van der Waals surface area (Å²) in [6.07, 6.45) is 6.42. The molecular weight excluding hydrogens is 256 g/mol. The van der Waals surface area contributed by atoms with Gasteiger partial charge in [0.2, 0.25) is 0 Å². The average molecular weight is 284 g/mol. The molecule has 0 spiro atoms. The van der Waals surface area contributed by atoms with Gasteiger partial charge in [0.05, 0.1) is 6.10 Å². The first-order chi connectivity index (χ1) is 10.2. The molecule has 0 bridgehead atoms. The van der Waals surface area contributed by atoms with E-state index in [9.17, 15) is 5.11 Å². The van der Waals surface area contributed by atoms with Gasteiger partial charge in [0.1, 0.15) is 0 Å². The van der Waals surface area contributed by atoms with E-state index in [2.05, 4.69) is 56.3 Å². The lowest BCUT2D eigenvalue weighted by Gasteiger charge is -2.19. The van der Waals surface area contributed by atoms with Crippen LogP contribution in [-0.2, 0) is 6.42 Å². The summed E-state index contributed by atoms with van der Waals surface area (Å²) in [6, 6.07) is 14.8. The largest absolute Gasteiger partial charge is 0.393 e. The number of unbranched alkanes of at least 4 members (excludes halogenated alkanes) is 1. The van der Waals surface area contributed by atoms with Crippen molar-refractivity contribution >= 4 is 10.8 Å². The summed E-state index contributed by atoms with van der Waals surface area (Å²) in [6.45, 7) is 4.48. The third-order valence-electron chi connectivity index (χ3n) is 4.48. The van der Waals surface area contributed by atoms with Crippen molar-refractivity contribution in [1.82, 2.24) is 0 Å². The van der Waals surface area contributed by atoms with Crippen LogP contribution in [0.15, 0.2) is 42.5 Å². The Labute approximate surface area is 129 Å². The van der Waals surface area contributed by atoms with E-state index in [1.165, 1.54) is 42.0 Å². The Bertz CT molecular complexity index is 541. The third-order valence-corrected chi connectivity index (χ3v) is 4.48. The maximum absolute atomic E-state index is 10.5. The highest BCUT2D eigenvalue weighted by molar-refractivity contribution is 5.85. The zero-order valence-corrected chi connectivity index (χ0v) is 13.4. The number of hydrogen-bond acceptors (Lipinski definition) is 1. The SMILES string of the molecule is CCCCC(CC)CC(O)Cc1cccc2ccccc12. The quantitative estimate of drug-likeness (QED) is 0.693. The summed E-state index contributed by atoms with van der Waals surface area (Å²) in [5, 5.41) is 13.0. The lowest BCUT2D eigenvalue weighted by molar-refractivity contribution is 0.138. The number of rotatable bonds is 8. The molecule has 2 rings (SSSR count). The van der Waals surface area contributed by atoms with Gasteiger partial charge >= 0.3 is 0 Å². The van der Waals surface area contributed by atoms with Crippen molar-refractivity contribution in [2.45, 2.75) is 58.5 Å². The van der Waals surface area contributed by atoms with E-state index in [0.717, 1.165) is 12.8 Å². The van der Waals surface area contributed by atoms with E-state index >= 15 is 0 Å². The molecule has 1 heteroatoms. The van der Waals surface area contributed by atoms with E-state index in [0.29, 0.717) is 5.92 Å². The highest BCUT2D eigenvalue weighted by Gasteiger charge is 2.14. The topological polar surface area (TPSA) is 20.2 Å². The van der Waals surface area contributed by atoms with Crippen LogP contribution in [0.4, 0.5) is 0 Å². The molecule has 0 aliphatic rings. The lowest BCUT2D eigenvalue weighted by atomic mass is 9.90. The van der Waals surface area contributed by atoms with Crippen molar-refractivity contribution in [3.05, 3.63) is 48.0 Å². The van der Waals surface area contributed by atoms with Gasteiger partial charge in [0, 0.05) is 0 Å². The maximum atomic E-state index is 10.5. The highest BCUT2D eigenvalue weighted by atomic mass is 16.3. The summed E-state index contributed by atoms with van der Waals surface area (Å²) in [5.41, 5.74) is 1.27. The van der Waals surface area contributed by atoms with Crippen molar-refractivity contribution in [3.63, 3.8) is 0 Å². The molecule has 2 aromatic rings. The van der Waals surface area contributed by atoms with Gasteiger partial charge in [-0.25, -0.2) is 0 Å². The second kappa shape index (κ2) is 8.19. The Morgan fingerprint density at radius 1 is 1.00 bits per heavy atom. The second-order valence-electron chi connectivity index (χ2n) is 6.15. The Morgan fingerprint density at radius 3 is 2.52 bits per heavy atom. The Morgan fingerprint density at radius 2 is 1.76 bits per heavy atom. The minimum absolute atomic E-state index is 0.224. The predicted octanol–water partition coefficient (Wildman–Crippen LogP) is 5.35. The fourth-order valence-electron chi connectivity index (χ4n) is 3.17. The fourth-order valence-corrected chi connectivity index (χ4v) is 3.17. The molecule has 1 N–H and O–H groups in total. The van der Waals surface area contributed by atoms with Crippen molar-refractivity contribution in [2.75, 3.05) is 0 Å². The average Bonchev–Trinajstić information content (AvgIpc) is 2.51. The zero-order valence-electron chi connectivity index (χ0n) is 13.4. The van der Waals surface area contributed by atoms with Gasteiger partial charge in [-0.1, -0.05) is 82.0 Å². The molecule has 0 amide bonds. The van der Waals surface area contributed by atoms with Crippen LogP contribution in [0, 0.1) is 5.92 Å². The van der Waals surface area contributed by atoms with E-state index in [1.54, 1.807) is 0 Å². The van der Waals surface area contributed by atoms with Gasteiger partial charge < -0.3 is 5.11 Å². The van der Waals surface area contributed by atoms with Crippen LogP contribution in [0.1, 0.15) is 51.5 Å². The Kier molecular flexibility index (Phi) is 6.25. The molecule has 2 atom stereocenters. The minimum atomic E-state index is -0.224. The molecule has 21 heavy (non-hydrogen) atoms. The van der Waals surface area contributed by atoms with Crippen molar-refractivity contribution in [3.8, 4) is 0 Å². The first kappa shape index (κ1) is 16.0. The molecule has 0 radical (unpaired) electrons. The lowest BCUT2D eigenvalue weighted by Crippen LogP contribution is -2.16. The van der Waals surface area contributed by atoms with Crippen LogP contribution >= 0.6 is 0 Å². The van der Waals surface area contributed by atoms with E-state index in [4.69, 9.17) is 0 Å². The van der Waals surface area contributed by atoms with E-state index in [1.807, 2.05) is 0 Å².